The number of hydrogen-bond donors (Lipinski definition) is 0. The van der Waals surface area contributed by atoms with Crippen LogP contribution in [0.1, 0.15) is 17.5 Å². The van der Waals surface area contributed by atoms with E-state index in [-0.39, 0.29) is 16.8 Å². The lowest BCUT2D eigenvalue weighted by Crippen LogP contribution is -2.24. The summed E-state index contributed by atoms with van der Waals surface area (Å²) in [5.74, 6) is 0.495. The molecule has 0 bridgehead atoms. The number of nitrogens with zero attached hydrogens (tertiary/aromatic N) is 2. The normalized spacial score (nSPS) is 17.1. The van der Waals surface area contributed by atoms with Gasteiger partial charge in [0.05, 0.1) is 16.5 Å². The molecule has 2 aromatic carbocycles. The molecule has 1 aliphatic rings. The number of aryl methyl sites for hydroxylation is 2. The van der Waals surface area contributed by atoms with Crippen molar-refractivity contribution >= 4 is 23.0 Å². The third-order valence-electron chi connectivity index (χ3n) is 4.14. The summed E-state index contributed by atoms with van der Waals surface area (Å²) in [4.78, 5) is 12.6. The van der Waals surface area contributed by atoms with E-state index in [1.165, 1.54) is 28.9 Å². The molecule has 1 heterocycles. The van der Waals surface area contributed by atoms with Crippen LogP contribution in [0.3, 0.4) is 0 Å². The first kappa shape index (κ1) is 16.6. The fraction of sp³-hybridized carbons (Fsp3) is 0.333. The Balaban J connectivity index is 1.69. The van der Waals surface area contributed by atoms with E-state index in [1.54, 1.807) is 6.07 Å². The minimum absolute atomic E-state index is 0.0183. The Bertz CT molecular complexity index is 759. The maximum atomic E-state index is 10.8. The molecule has 0 saturated carbocycles. The molecule has 0 radical (unpaired) electrons. The lowest BCUT2D eigenvalue weighted by atomic mass is 10.1. The van der Waals surface area contributed by atoms with Gasteiger partial charge in [0.2, 0.25) is 0 Å². The molecule has 2 aromatic rings. The zero-order valence-electron chi connectivity index (χ0n) is 13.7. The number of halogens is 1. The number of anilines is 1. The van der Waals surface area contributed by atoms with Crippen LogP contribution in [0.4, 0.5) is 11.4 Å². The van der Waals surface area contributed by atoms with E-state index in [0.717, 1.165) is 19.5 Å². The third-order valence-corrected chi connectivity index (χ3v) is 4.43. The fourth-order valence-electron chi connectivity index (χ4n) is 3.07. The molecule has 0 amide bonds. The summed E-state index contributed by atoms with van der Waals surface area (Å²) in [5, 5.41) is 11.0. The van der Waals surface area contributed by atoms with Crippen LogP contribution in [0.2, 0.25) is 5.02 Å². The summed E-state index contributed by atoms with van der Waals surface area (Å²) in [7, 11) is 0. The van der Waals surface area contributed by atoms with Gasteiger partial charge in [-0.3, -0.25) is 10.1 Å². The van der Waals surface area contributed by atoms with Gasteiger partial charge < -0.3 is 9.64 Å². The first-order valence-electron chi connectivity index (χ1n) is 7.86. The topological polar surface area (TPSA) is 55.6 Å². The van der Waals surface area contributed by atoms with Crippen molar-refractivity contribution in [3.8, 4) is 5.75 Å². The molecule has 1 atom stereocenters. The van der Waals surface area contributed by atoms with Crippen molar-refractivity contribution in [2.75, 3.05) is 18.0 Å². The van der Waals surface area contributed by atoms with E-state index >= 15 is 0 Å². The van der Waals surface area contributed by atoms with Crippen molar-refractivity contribution in [1.29, 1.82) is 0 Å². The summed E-state index contributed by atoms with van der Waals surface area (Å²) in [6.45, 7) is 5.88. The van der Waals surface area contributed by atoms with Gasteiger partial charge in [0.1, 0.15) is 11.9 Å². The predicted octanol–water partition coefficient (Wildman–Crippen LogP) is 4.52. The van der Waals surface area contributed by atoms with Gasteiger partial charge in [0.25, 0.3) is 5.69 Å². The Morgan fingerprint density at radius 3 is 2.54 bits per heavy atom. The van der Waals surface area contributed by atoms with Gasteiger partial charge in [0, 0.05) is 30.8 Å². The van der Waals surface area contributed by atoms with Gasteiger partial charge in [-0.25, -0.2) is 0 Å². The molecule has 3 rings (SSSR count). The second-order valence-corrected chi connectivity index (χ2v) is 6.60. The number of hydrogen-bond acceptors (Lipinski definition) is 4. The van der Waals surface area contributed by atoms with Crippen molar-refractivity contribution in [1.82, 2.24) is 0 Å². The Hall–Kier alpha value is -2.27. The fourth-order valence-corrected chi connectivity index (χ4v) is 3.29. The van der Waals surface area contributed by atoms with Crippen LogP contribution in [0, 0.1) is 24.0 Å². The molecule has 1 fully saturated rings. The SMILES string of the molecule is Cc1cc(C)cc(N2CC[C@H](Oc3ccc([N+](=O)[O-])cc3Cl)C2)c1. The molecule has 0 aliphatic carbocycles. The zero-order chi connectivity index (χ0) is 17.3. The van der Waals surface area contributed by atoms with Gasteiger partial charge >= 0.3 is 0 Å². The first-order valence-corrected chi connectivity index (χ1v) is 8.24. The highest BCUT2D eigenvalue weighted by atomic mass is 35.5. The monoisotopic (exact) mass is 346 g/mol. The zero-order valence-corrected chi connectivity index (χ0v) is 14.4. The predicted molar refractivity (Wildman–Crippen MR) is 95.3 cm³/mol. The van der Waals surface area contributed by atoms with Crippen LogP contribution >= 0.6 is 11.6 Å². The van der Waals surface area contributed by atoms with Crippen molar-refractivity contribution in [3.05, 3.63) is 62.7 Å². The van der Waals surface area contributed by atoms with Crippen LogP contribution in [0.15, 0.2) is 36.4 Å². The molecule has 6 heteroatoms. The molecule has 5 nitrogen and oxygen atoms in total. The van der Waals surface area contributed by atoms with E-state index in [0.29, 0.717) is 5.75 Å². The molecule has 24 heavy (non-hydrogen) atoms. The summed E-state index contributed by atoms with van der Waals surface area (Å²) in [5.41, 5.74) is 3.66. The highest BCUT2D eigenvalue weighted by Gasteiger charge is 2.25. The van der Waals surface area contributed by atoms with Crippen molar-refractivity contribution in [2.24, 2.45) is 0 Å². The van der Waals surface area contributed by atoms with Gasteiger partial charge in [0.15, 0.2) is 0 Å². The lowest BCUT2D eigenvalue weighted by Gasteiger charge is -2.20. The Kier molecular flexibility index (Phi) is 4.62. The van der Waals surface area contributed by atoms with E-state index in [1.807, 2.05) is 0 Å². The maximum Gasteiger partial charge on any atom is 0.271 e. The van der Waals surface area contributed by atoms with E-state index in [4.69, 9.17) is 16.3 Å². The summed E-state index contributed by atoms with van der Waals surface area (Å²) in [6.07, 6.45) is 0.908. The third kappa shape index (κ3) is 3.62. The second kappa shape index (κ2) is 6.69. The Morgan fingerprint density at radius 1 is 1.21 bits per heavy atom. The van der Waals surface area contributed by atoms with Crippen molar-refractivity contribution in [2.45, 2.75) is 26.4 Å². The standard InChI is InChI=1S/C18H19ClN2O3/c1-12-7-13(2)9-15(8-12)20-6-5-16(11-20)24-18-4-3-14(21(22)23)10-17(18)19/h3-4,7-10,16H,5-6,11H2,1-2H3/t16-/m0/s1. The van der Waals surface area contributed by atoms with E-state index < -0.39 is 4.92 Å². The number of nitro benzene ring substituents is 1. The van der Waals surface area contributed by atoms with Crippen LogP contribution in [-0.4, -0.2) is 24.1 Å². The van der Waals surface area contributed by atoms with E-state index in [2.05, 4.69) is 36.9 Å². The lowest BCUT2D eigenvalue weighted by molar-refractivity contribution is -0.384. The number of ether oxygens (including phenoxy) is 1. The number of nitro groups is 1. The smallest absolute Gasteiger partial charge is 0.271 e. The largest absolute Gasteiger partial charge is 0.487 e. The van der Waals surface area contributed by atoms with Gasteiger partial charge in [-0.15, -0.1) is 0 Å². The van der Waals surface area contributed by atoms with E-state index in [9.17, 15) is 10.1 Å². The van der Waals surface area contributed by atoms with Crippen molar-refractivity contribution in [3.63, 3.8) is 0 Å². The summed E-state index contributed by atoms with van der Waals surface area (Å²) >= 11 is 6.10. The number of rotatable bonds is 4. The summed E-state index contributed by atoms with van der Waals surface area (Å²) < 4.78 is 5.96. The number of non-ortho nitro benzene ring substituents is 1. The van der Waals surface area contributed by atoms with Crippen LogP contribution in [0.5, 0.6) is 5.75 Å². The molecule has 0 spiro atoms. The quantitative estimate of drug-likeness (QED) is 0.603. The van der Waals surface area contributed by atoms with Gasteiger partial charge in [-0.2, -0.15) is 0 Å². The molecule has 1 aliphatic heterocycles. The highest BCUT2D eigenvalue weighted by Crippen LogP contribution is 2.31. The molecular weight excluding hydrogens is 328 g/mol. The molecule has 0 N–H and O–H groups in total. The first-order chi connectivity index (χ1) is 11.4. The van der Waals surface area contributed by atoms with Crippen LogP contribution in [-0.2, 0) is 0 Å². The minimum atomic E-state index is -0.465. The average Bonchev–Trinajstić information content (AvgIpc) is 2.97. The van der Waals surface area contributed by atoms with Crippen molar-refractivity contribution < 1.29 is 9.66 Å². The Morgan fingerprint density at radius 2 is 1.92 bits per heavy atom. The molecular formula is C18H19ClN2O3. The molecule has 0 unspecified atom stereocenters. The number of benzene rings is 2. The van der Waals surface area contributed by atoms with Crippen LogP contribution < -0.4 is 9.64 Å². The highest BCUT2D eigenvalue weighted by molar-refractivity contribution is 6.32. The van der Waals surface area contributed by atoms with Gasteiger partial charge in [-0.1, -0.05) is 17.7 Å². The second-order valence-electron chi connectivity index (χ2n) is 6.19. The average molecular weight is 347 g/mol. The van der Waals surface area contributed by atoms with Gasteiger partial charge in [-0.05, 0) is 43.2 Å². The Labute approximate surface area is 146 Å². The molecule has 1 saturated heterocycles. The van der Waals surface area contributed by atoms with Crippen LogP contribution in [0.25, 0.3) is 0 Å². The molecule has 0 aromatic heterocycles. The minimum Gasteiger partial charge on any atom is -0.487 e. The summed E-state index contributed by atoms with van der Waals surface area (Å²) in [6, 6.07) is 10.8. The molecule has 126 valence electrons. The maximum absolute atomic E-state index is 10.8.